The van der Waals surface area contributed by atoms with Crippen LogP contribution < -0.4 is 4.90 Å². The summed E-state index contributed by atoms with van der Waals surface area (Å²) in [6.07, 6.45) is -0.285. The van der Waals surface area contributed by atoms with E-state index in [4.69, 9.17) is 4.74 Å². The Morgan fingerprint density at radius 2 is 1.67 bits per heavy atom. The van der Waals surface area contributed by atoms with Crippen LogP contribution in [0.1, 0.15) is 27.2 Å². The van der Waals surface area contributed by atoms with Gasteiger partial charge in [-0.25, -0.2) is 14.1 Å². The number of amides is 3. The van der Waals surface area contributed by atoms with Crippen LogP contribution in [0.5, 0.6) is 0 Å². The van der Waals surface area contributed by atoms with Crippen molar-refractivity contribution in [3.05, 3.63) is 30.1 Å². The minimum absolute atomic E-state index is 0.0860. The predicted molar refractivity (Wildman–Crippen MR) is 96.7 cm³/mol. The van der Waals surface area contributed by atoms with Gasteiger partial charge in [0.05, 0.1) is 18.2 Å². The number of carbonyl (C=O) groups excluding carboxylic acids is 3. The molecule has 146 valence electrons. The number of piperazine rings is 1. The number of carbonyl (C=O) groups is 3. The molecule has 7 nitrogen and oxygen atoms in total. The summed E-state index contributed by atoms with van der Waals surface area (Å²) in [6, 6.07) is 4.75. The quantitative estimate of drug-likeness (QED) is 0.738. The lowest BCUT2D eigenvalue weighted by molar-refractivity contribution is -0.123. The molecule has 1 aromatic carbocycles. The molecule has 0 saturated carbocycles. The lowest BCUT2D eigenvalue weighted by Crippen LogP contribution is -2.54. The number of hydrogen-bond acceptors (Lipinski definition) is 5. The predicted octanol–water partition coefficient (Wildman–Crippen LogP) is 2.01. The summed E-state index contributed by atoms with van der Waals surface area (Å²) >= 11 is 0. The van der Waals surface area contributed by atoms with Gasteiger partial charge in [-0.1, -0.05) is 0 Å². The minimum atomic E-state index is -0.558. The highest BCUT2D eigenvalue weighted by molar-refractivity contribution is 6.22. The number of ether oxygens (including phenoxy) is 1. The van der Waals surface area contributed by atoms with Crippen molar-refractivity contribution in [3.8, 4) is 0 Å². The number of anilines is 1. The largest absolute Gasteiger partial charge is 0.444 e. The summed E-state index contributed by atoms with van der Waals surface area (Å²) in [5.41, 5.74) is -0.182. The molecule has 3 rings (SSSR count). The van der Waals surface area contributed by atoms with Crippen molar-refractivity contribution < 1.29 is 23.5 Å². The molecule has 0 aromatic heterocycles. The van der Waals surface area contributed by atoms with Gasteiger partial charge in [-0.3, -0.25) is 14.5 Å². The van der Waals surface area contributed by atoms with Crippen LogP contribution in [-0.4, -0.2) is 65.5 Å². The van der Waals surface area contributed by atoms with E-state index in [0.717, 1.165) is 4.90 Å². The number of hydrogen-bond donors (Lipinski definition) is 0. The third-order valence-corrected chi connectivity index (χ3v) is 4.61. The Labute approximate surface area is 157 Å². The second kappa shape index (κ2) is 7.26. The maximum Gasteiger partial charge on any atom is 0.410 e. The van der Waals surface area contributed by atoms with Crippen molar-refractivity contribution in [3.63, 3.8) is 0 Å². The third-order valence-electron chi connectivity index (χ3n) is 4.61. The molecule has 0 aliphatic carbocycles. The second-order valence-electron chi connectivity index (χ2n) is 7.77. The van der Waals surface area contributed by atoms with Crippen LogP contribution in [0.2, 0.25) is 0 Å². The zero-order valence-electron chi connectivity index (χ0n) is 15.8. The normalized spacial score (nSPS) is 21.7. The van der Waals surface area contributed by atoms with Crippen molar-refractivity contribution >= 4 is 23.6 Å². The molecule has 8 heteroatoms. The van der Waals surface area contributed by atoms with E-state index in [1.807, 2.05) is 25.7 Å². The molecule has 27 heavy (non-hydrogen) atoms. The van der Waals surface area contributed by atoms with Crippen LogP contribution in [-0.2, 0) is 14.3 Å². The fourth-order valence-corrected chi connectivity index (χ4v) is 3.31. The molecule has 2 saturated heterocycles. The zero-order valence-corrected chi connectivity index (χ0v) is 15.8. The molecule has 1 aromatic rings. The Hall–Kier alpha value is -2.48. The van der Waals surface area contributed by atoms with Gasteiger partial charge >= 0.3 is 6.09 Å². The van der Waals surface area contributed by atoms with E-state index in [1.165, 1.54) is 24.3 Å². The van der Waals surface area contributed by atoms with Crippen molar-refractivity contribution in [2.24, 2.45) is 0 Å². The first-order valence-corrected chi connectivity index (χ1v) is 9.00. The zero-order chi connectivity index (χ0) is 19.8. The highest BCUT2D eigenvalue weighted by Crippen LogP contribution is 2.26. The van der Waals surface area contributed by atoms with E-state index in [2.05, 4.69) is 0 Å². The first kappa shape index (κ1) is 19.3. The number of rotatable bonds is 2. The van der Waals surface area contributed by atoms with Gasteiger partial charge in [-0.2, -0.15) is 0 Å². The summed E-state index contributed by atoms with van der Waals surface area (Å²) in [7, 11) is 0. The SMILES string of the molecule is CC(C)(C)OC(=O)N1CCN([C@H]2CC(=O)N(c3ccc(F)cc3)C2=O)CC1. The summed E-state index contributed by atoms with van der Waals surface area (Å²) in [5.74, 6) is -1.03. The minimum Gasteiger partial charge on any atom is -0.444 e. The van der Waals surface area contributed by atoms with Crippen LogP contribution in [0, 0.1) is 5.82 Å². The maximum atomic E-state index is 13.1. The molecule has 0 radical (unpaired) electrons. The molecular formula is C19H24FN3O4. The molecule has 0 unspecified atom stereocenters. The average molecular weight is 377 g/mol. The lowest BCUT2D eigenvalue weighted by atomic mass is 10.1. The molecule has 2 aliphatic heterocycles. The summed E-state index contributed by atoms with van der Waals surface area (Å²) in [6.45, 7) is 7.28. The molecule has 3 amide bonds. The Morgan fingerprint density at radius 3 is 2.22 bits per heavy atom. The van der Waals surface area contributed by atoms with Crippen LogP contribution >= 0.6 is 0 Å². The molecule has 0 bridgehead atoms. The Morgan fingerprint density at radius 1 is 1.07 bits per heavy atom. The van der Waals surface area contributed by atoms with Gasteiger partial charge in [0, 0.05) is 26.2 Å². The van der Waals surface area contributed by atoms with Crippen LogP contribution in [0.4, 0.5) is 14.9 Å². The molecule has 2 aliphatic rings. The molecule has 2 heterocycles. The van der Waals surface area contributed by atoms with E-state index in [9.17, 15) is 18.8 Å². The van der Waals surface area contributed by atoms with E-state index in [0.29, 0.717) is 31.9 Å². The highest BCUT2D eigenvalue weighted by Gasteiger charge is 2.43. The first-order chi connectivity index (χ1) is 12.7. The number of nitrogens with zero attached hydrogens (tertiary/aromatic N) is 3. The maximum absolute atomic E-state index is 13.1. The number of benzene rings is 1. The smallest absolute Gasteiger partial charge is 0.410 e. The fourth-order valence-electron chi connectivity index (χ4n) is 3.31. The van der Waals surface area contributed by atoms with E-state index in [1.54, 1.807) is 4.90 Å². The van der Waals surface area contributed by atoms with Gasteiger partial charge in [0.1, 0.15) is 11.4 Å². The Bertz CT molecular complexity index is 736. The van der Waals surface area contributed by atoms with Gasteiger partial charge in [0.2, 0.25) is 5.91 Å². The molecule has 0 N–H and O–H groups in total. The Balaban J connectivity index is 1.62. The summed E-state index contributed by atoms with van der Waals surface area (Å²) in [4.78, 5) is 41.9. The first-order valence-electron chi connectivity index (χ1n) is 9.00. The third kappa shape index (κ3) is 4.27. The Kier molecular flexibility index (Phi) is 5.19. The number of imide groups is 1. The van der Waals surface area contributed by atoms with E-state index >= 15 is 0 Å². The molecule has 0 spiro atoms. The molecule has 2 fully saturated rings. The molecule has 1 atom stereocenters. The second-order valence-corrected chi connectivity index (χ2v) is 7.77. The van der Waals surface area contributed by atoms with Gasteiger partial charge in [0.25, 0.3) is 5.91 Å². The standard InChI is InChI=1S/C19H24FN3O4/c1-19(2,3)27-18(26)22-10-8-21(9-11-22)15-12-16(24)23(17(15)25)14-6-4-13(20)5-7-14/h4-7,15H,8-12H2,1-3H3/t15-/m0/s1. The van der Waals surface area contributed by atoms with Crippen molar-refractivity contribution in [2.45, 2.75) is 38.8 Å². The van der Waals surface area contributed by atoms with Gasteiger partial charge < -0.3 is 9.64 Å². The van der Waals surface area contributed by atoms with Crippen molar-refractivity contribution in [1.82, 2.24) is 9.80 Å². The van der Waals surface area contributed by atoms with Gasteiger partial charge in [-0.15, -0.1) is 0 Å². The van der Waals surface area contributed by atoms with Crippen LogP contribution in [0.25, 0.3) is 0 Å². The number of halogens is 1. The highest BCUT2D eigenvalue weighted by atomic mass is 19.1. The fraction of sp³-hybridized carbons (Fsp3) is 0.526. The topological polar surface area (TPSA) is 70.2 Å². The lowest BCUT2D eigenvalue weighted by Gasteiger charge is -2.37. The average Bonchev–Trinajstić information content (AvgIpc) is 2.89. The van der Waals surface area contributed by atoms with Crippen LogP contribution in [0.3, 0.4) is 0 Å². The van der Waals surface area contributed by atoms with E-state index in [-0.39, 0.29) is 24.3 Å². The monoisotopic (exact) mass is 377 g/mol. The van der Waals surface area contributed by atoms with Crippen LogP contribution in [0.15, 0.2) is 24.3 Å². The molecular weight excluding hydrogens is 353 g/mol. The summed E-state index contributed by atoms with van der Waals surface area (Å²) in [5, 5.41) is 0. The summed E-state index contributed by atoms with van der Waals surface area (Å²) < 4.78 is 18.5. The van der Waals surface area contributed by atoms with Gasteiger partial charge in [-0.05, 0) is 45.0 Å². The van der Waals surface area contributed by atoms with E-state index < -0.39 is 17.5 Å². The van der Waals surface area contributed by atoms with Crippen molar-refractivity contribution in [1.29, 1.82) is 0 Å². The van der Waals surface area contributed by atoms with Gasteiger partial charge in [0.15, 0.2) is 0 Å². The van der Waals surface area contributed by atoms with Crippen molar-refractivity contribution in [2.75, 3.05) is 31.1 Å².